The van der Waals surface area contributed by atoms with E-state index in [1.807, 2.05) is 6.92 Å². The van der Waals surface area contributed by atoms with E-state index in [0.717, 1.165) is 6.42 Å². The van der Waals surface area contributed by atoms with Crippen molar-refractivity contribution in [2.45, 2.75) is 45.8 Å². The van der Waals surface area contributed by atoms with Crippen molar-refractivity contribution in [2.24, 2.45) is 0 Å². The van der Waals surface area contributed by atoms with E-state index < -0.39 is 0 Å². The lowest BCUT2D eigenvalue weighted by atomic mass is 10.1. The van der Waals surface area contributed by atoms with Crippen molar-refractivity contribution in [3.8, 4) is 5.75 Å². The van der Waals surface area contributed by atoms with Gasteiger partial charge in [0.05, 0.1) is 0 Å². The van der Waals surface area contributed by atoms with Gasteiger partial charge in [0.25, 0.3) is 0 Å². The third-order valence-electron chi connectivity index (χ3n) is 2.45. The maximum absolute atomic E-state index is 13.4. The van der Waals surface area contributed by atoms with Crippen molar-refractivity contribution in [3.63, 3.8) is 0 Å². The second kappa shape index (κ2) is 6.01. The van der Waals surface area contributed by atoms with Crippen molar-refractivity contribution in [1.82, 2.24) is 5.32 Å². The Morgan fingerprint density at radius 3 is 2.47 bits per heavy atom. The van der Waals surface area contributed by atoms with Crippen LogP contribution in [-0.2, 0) is 0 Å². The first-order valence-corrected chi connectivity index (χ1v) is 6.08. The first kappa shape index (κ1) is 14.0. The largest absolute Gasteiger partial charge is 0.486 e. The van der Waals surface area contributed by atoms with Gasteiger partial charge in [0.15, 0.2) is 11.6 Å². The van der Waals surface area contributed by atoms with E-state index in [1.165, 1.54) is 6.07 Å². The lowest BCUT2D eigenvalue weighted by molar-refractivity contribution is 0.174. The predicted octanol–water partition coefficient (Wildman–Crippen LogP) is 3.37. The van der Waals surface area contributed by atoms with Crippen LogP contribution >= 0.6 is 0 Å². The van der Waals surface area contributed by atoms with Gasteiger partial charge in [-0.3, -0.25) is 0 Å². The molecule has 0 aromatic heterocycles. The Hall–Kier alpha value is -1.09. The monoisotopic (exact) mass is 239 g/mol. The number of ether oxygens (including phenoxy) is 1. The molecule has 0 radical (unpaired) electrons. The molecule has 0 aliphatic heterocycles. The molecule has 0 saturated carbocycles. The molecule has 96 valence electrons. The summed E-state index contributed by atoms with van der Waals surface area (Å²) < 4.78 is 19.1. The summed E-state index contributed by atoms with van der Waals surface area (Å²) in [5.74, 6) is 0.0248. The summed E-state index contributed by atoms with van der Waals surface area (Å²) in [6.45, 7) is 9.05. The highest BCUT2D eigenvalue weighted by molar-refractivity contribution is 5.23. The SMILES string of the molecule is CCC(CNC(C)(C)C)Oc1ccccc1F. The van der Waals surface area contributed by atoms with Gasteiger partial charge in [-0.1, -0.05) is 19.1 Å². The van der Waals surface area contributed by atoms with Crippen molar-refractivity contribution >= 4 is 0 Å². The molecule has 3 heteroatoms. The minimum absolute atomic E-state index is 0.00822. The Kier molecular flexibility index (Phi) is 4.94. The van der Waals surface area contributed by atoms with Crippen molar-refractivity contribution < 1.29 is 9.13 Å². The van der Waals surface area contributed by atoms with E-state index in [-0.39, 0.29) is 17.5 Å². The zero-order valence-electron chi connectivity index (χ0n) is 11.1. The number of hydrogen-bond donors (Lipinski definition) is 1. The molecule has 2 nitrogen and oxygen atoms in total. The molecule has 0 aliphatic carbocycles. The number of hydrogen-bond acceptors (Lipinski definition) is 2. The predicted molar refractivity (Wildman–Crippen MR) is 68.9 cm³/mol. The van der Waals surface area contributed by atoms with E-state index in [9.17, 15) is 4.39 Å². The molecule has 0 heterocycles. The van der Waals surface area contributed by atoms with Crippen LogP contribution < -0.4 is 10.1 Å². The third kappa shape index (κ3) is 5.18. The first-order valence-electron chi connectivity index (χ1n) is 6.08. The average Bonchev–Trinajstić information content (AvgIpc) is 2.25. The van der Waals surface area contributed by atoms with Crippen molar-refractivity contribution in [3.05, 3.63) is 30.1 Å². The molecule has 0 spiro atoms. The zero-order chi connectivity index (χ0) is 12.9. The lowest BCUT2D eigenvalue weighted by Gasteiger charge is -2.25. The average molecular weight is 239 g/mol. The topological polar surface area (TPSA) is 21.3 Å². The smallest absolute Gasteiger partial charge is 0.165 e. The summed E-state index contributed by atoms with van der Waals surface area (Å²) in [6, 6.07) is 6.52. The second-order valence-corrected chi connectivity index (χ2v) is 5.21. The second-order valence-electron chi connectivity index (χ2n) is 5.21. The van der Waals surface area contributed by atoms with Crippen LogP contribution in [0.4, 0.5) is 4.39 Å². The van der Waals surface area contributed by atoms with E-state index in [4.69, 9.17) is 4.74 Å². The Balaban J connectivity index is 2.56. The van der Waals surface area contributed by atoms with Crippen LogP contribution in [-0.4, -0.2) is 18.2 Å². The normalized spacial score (nSPS) is 13.5. The molecule has 1 aromatic rings. The molecule has 1 aromatic carbocycles. The van der Waals surface area contributed by atoms with Crippen LogP contribution in [0, 0.1) is 5.82 Å². The van der Waals surface area contributed by atoms with Crippen molar-refractivity contribution in [1.29, 1.82) is 0 Å². The highest BCUT2D eigenvalue weighted by atomic mass is 19.1. The Morgan fingerprint density at radius 2 is 1.94 bits per heavy atom. The first-order chi connectivity index (χ1) is 7.92. The van der Waals surface area contributed by atoms with Gasteiger partial charge in [-0.25, -0.2) is 4.39 Å². The van der Waals surface area contributed by atoms with Gasteiger partial charge in [0.1, 0.15) is 6.10 Å². The molecule has 0 aliphatic rings. The standard InChI is InChI=1S/C14H22FNO/c1-5-11(10-16-14(2,3)4)17-13-9-7-6-8-12(13)15/h6-9,11,16H,5,10H2,1-4H3. The zero-order valence-corrected chi connectivity index (χ0v) is 11.1. The maximum Gasteiger partial charge on any atom is 0.165 e. The summed E-state index contributed by atoms with van der Waals surface area (Å²) in [5.41, 5.74) is 0.0476. The molecular weight excluding hydrogens is 217 g/mol. The fourth-order valence-electron chi connectivity index (χ4n) is 1.41. The van der Waals surface area contributed by atoms with Gasteiger partial charge in [-0.15, -0.1) is 0 Å². The van der Waals surface area contributed by atoms with E-state index in [1.54, 1.807) is 18.2 Å². The molecule has 0 bridgehead atoms. The molecule has 1 unspecified atom stereocenters. The number of nitrogens with one attached hydrogen (secondary N) is 1. The molecule has 0 saturated heterocycles. The van der Waals surface area contributed by atoms with E-state index >= 15 is 0 Å². The lowest BCUT2D eigenvalue weighted by Crippen LogP contribution is -2.42. The number of para-hydroxylation sites is 1. The van der Waals surface area contributed by atoms with Gasteiger partial charge in [-0.05, 0) is 39.3 Å². The summed E-state index contributed by atoms with van der Waals surface area (Å²) in [6.07, 6.45) is 0.836. The number of benzene rings is 1. The summed E-state index contributed by atoms with van der Waals surface area (Å²) in [4.78, 5) is 0. The quantitative estimate of drug-likeness (QED) is 0.850. The van der Waals surface area contributed by atoms with Crippen LogP contribution in [0.3, 0.4) is 0 Å². The number of halogens is 1. The summed E-state index contributed by atoms with van der Waals surface area (Å²) >= 11 is 0. The van der Waals surface area contributed by atoms with Crippen LogP contribution in [0.2, 0.25) is 0 Å². The molecule has 1 atom stereocenters. The van der Waals surface area contributed by atoms with Gasteiger partial charge >= 0.3 is 0 Å². The minimum atomic E-state index is -0.304. The van der Waals surface area contributed by atoms with Crippen LogP contribution in [0.5, 0.6) is 5.75 Å². The molecule has 1 N–H and O–H groups in total. The highest BCUT2D eigenvalue weighted by Gasteiger charge is 2.15. The van der Waals surface area contributed by atoms with E-state index in [2.05, 4.69) is 26.1 Å². The fourth-order valence-corrected chi connectivity index (χ4v) is 1.41. The fraction of sp³-hybridized carbons (Fsp3) is 0.571. The molecule has 1 rings (SSSR count). The van der Waals surface area contributed by atoms with Gasteiger partial charge in [0, 0.05) is 12.1 Å². The van der Waals surface area contributed by atoms with Crippen LogP contribution in [0.15, 0.2) is 24.3 Å². The van der Waals surface area contributed by atoms with Gasteiger partial charge < -0.3 is 10.1 Å². The van der Waals surface area contributed by atoms with Gasteiger partial charge in [0.2, 0.25) is 0 Å². The Labute approximate surface area is 103 Å². The Bertz CT molecular complexity index is 346. The van der Waals surface area contributed by atoms with Gasteiger partial charge in [-0.2, -0.15) is 0 Å². The van der Waals surface area contributed by atoms with Crippen LogP contribution in [0.25, 0.3) is 0 Å². The molecule has 0 fully saturated rings. The number of rotatable bonds is 5. The summed E-state index contributed by atoms with van der Waals surface area (Å²) in [5, 5.41) is 3.37. The maximum atomic E-state index is 13.4. The Morgan fingerprint density at radius 1 is 1.29 bits per heavy atom. The molecule has 17 heavy (non-hydrogen) atoms. The highest BCUT2D eigenvalue weighted by Crippen LogP contribution is 2.18. The molecular formula is C14H22FNO. The molecule has 0 amide bonds. The van der Waals surface area contributed by atoms with Crippen LogP contribution in [0.1, 0.15) is 34.1 Å². The third-order valence-corrected chi connectivity index (χ3v) is 2.45. The minimum Gasteiger partial charge on any atom is -0.486 e. The van der Waals surface area contributed by atoms with E-state index in [0.29, 0.717) is 12.3 Å². The summed E-state index contributed by atoms with van der Waals surface area (Å²) in [7, 11) is 0. The van der Waals surface area contributed by atoms with Crippen molar-refractivity contribution in [2.75, 3.05) is 6.54 Å².